The maximum Gasteiger partial charge on any atom is 0.254 e. The lowest BCUT2D eigenvalue weighted by Crippen LogP contribution is -2.22. The van der Waals surface area contributed by atoms with Crippen molar-refractivity contribution in [2.75, 3.05) is 14.1 Å². The lowest BCUT2D eigenvalue weighted by atomic mass is 10.1. The monoisotopic (exact) mass is 230 g/mol. The molecule has 1 amide bonds. The second-order valence-corrected chi connectivity index (χ2v) is 4.34. The van der Waals surface area contributed by atoms with Crippen molar-refractivity contribution in [2.45, 2.75) is 18.9 Å². The molecule has 0 heterocycles. The van der Waals surface area contributed by atoms with Gasteiger partial charge in [0.2, 0.25) is 0 Å². The number of hydrogen-bond acceptors (Lipinski definition) is 3. The van der Waals surface area contributed by atoms with Gasteiger partial charge in [-0.05, 0) is 31.0 Å². The fourth-order valence-electron chi connectivity index (χ4n) is 1.49. The quantitative estimate of drug-likeness (QED) is 0.795. The fraction of sp³-hybridized carbons (Fsp3) is 0.385. The molecule has 1 aromatic carbocycles. The maximum absolute atomic E-state index is 11.8. The Morgan fingerprint density at radius 3 is 2.71 bits per heavy atom. The van der Waals surface area contributed by atoms with Gasteiger partial charge in [-0.15, -0.1) is 0 Å². The van der Waals surface area contributed by atoms with E-state index < -0.39 is 0 Å². The Kier molecular flexibility index (Phi) is 3.01. The van der Waals surface area contributed by atoms with Gasteiger partial charge in [0.05, 0.1) is 17.2 Å². The van der Waals surface area contributed by atoms with Crippen LogP contribution in [0.25, 0.3) is 0 Å². The minimum Gasteiger partial charge on any atom is -0.490 e. The molecule has 4 nitrogen and oxygen atoms in total. The van der Waals surface area contributed by atoms with Crippen LogP contribution in [-0.2, 0) is 0 Å². The van der Waals surface area contributed by atoms with Gasteiger partial charge in [-0.2, -0.15) is 5.26 Å². The standard InChI is InChI=1S/C13H14N2O2/c1-15(2)13(16)12-6-5-11(7-9(12)8-14)17-10-3-4-10/h5-7,10H,3-4H2,1-2H3. The van der Waals surface area contributed by atoms with E-state index in [4.69, 9.17) is 10.00 Å². The molecule has 0 radical (unpaired) electrons. The predicted octanol–water partition coefficient (Wildman–Crippen LogP) is 1.80. The Hall–Kier alpha value is -2.02. The number of carbonyl (C=O) groups is 1. The molecule has 1 fully saturated rings. The lowest BCUT2D eigenvalue weighted by Gasteiger charge is -2.12. The summed E-state index contributed by atoms with van der Waals surface area (Å²) >= 11 is 0. The number of ether oxygens (including phenoxy) is 1. The second-order valence-electron chi connectivity index (χ2n) is 4.34. The van der Waals surface area contributed by atoms with Crippen molar-refractivity contribution in [3.63, 3.8) is 0 Å². The van der Waals surface area contributed by atoms with E-state index in [9.17, 15) is 4.79 Å². The number of hydrogen-bond donors (Lipinski definition) is 0. The summed E-state index contributed by atoms with van der Waals surface area (Å²) in [6, 6.07) is 7.07. The van der Waals surface area contributed by atoms with Gasteiger partial charge in [-0.25, -0.2) is 0 Å². The minimum absolute atomic E-state index is 0.167. The van der Waals surface area contributed by atoms with Crippen molar-refractivity contribution in [2.24, 2.45) is 0 Å². The Bertz CT molecular complexity index is 485. The smallest absolute Gasteiger partial charge is 0.254 e. The average Bonchev–Trinajstić information content (AvgIpc) is 3.11. The number of rotatable bonds is 3. The summed E-state index contributed by atoms with van der Waals surface area (Å²) < 4.78 is 5.59. The Balaban J connectivity index is 2.28. The van der Waals surface area contributed by atoms with E-state index in [1.165, 1.54) is 4.90 Å². The first-order valence-electron chi connectivity index (χ1n) is 5.54. The second kappa shape index (κ2) is 4.46. The first kappa shape index (κ1) is 11.5. The molecule has 0 bridgehead atoms. The number of nitrogens with zero attached hydrogens (tertiary/aromatic N) is 2. The van der Waals surface area contributed by atoms with Crippen LogP contribution >= 0.6 is 0 Å². The molecule has 1 aromatic rings. The molecule has 17 heavy (non-hydrogen) atoms. The van der Waals surface area contributed by atoms with Gasteiger partial charge < -0.3 is 9.64 Å². The van der Waals surface area contributed by atoms with Gasteiger partial charge in [0.15, 0.2) is 0 Å². The number of carbonyl (C=O) groups excluding carboxylic acids is 1. The van der Waals surface area contributed by atoms with E-state index in [-0.39, 0.29) is 12.0 Å². The lowest BCUT2D eigenvalue weighted by molar-refractivity contribution is 0.0827. The summed E-state index contributed by atoms with van der Waals surface area (Å²) in [5, 5.41) is 9.05. The van der Waals surface area contributed by atoms with Crippen LogP contribution < -0.4 is 4.74 Å². The summed E-state index contributed by atoms with van der Waals surface area (Å²) in [7, 11) is 3.33. The normalized spacial score (nSPS) is 13.9. The van der Waals surface area contributed by atoms with E-state index in [0.717, 1.165) is 12.8 Å². The van der Waals surface area contributed by atoms with Gasteiger partial charge >= 0.3 is 0 Å². The van der Waals surface area contributed by atoms with Crippen molar-refractivity contribution >= 4 is 5.91 Å². The van der Waals surface area contributed by atoms with Crippen LogP contribution in [0.3, 0.4) is 0 Å². The molecular weight excluding hydrogens is 216 g/mol. The molecule has 0 aromatic heterocycles. The molecule has 1 aliphatic carbocycles. The van der Waals surface area contributed by atoms with E-state index in [2.05, 4.69) is 0 Å². The van der Waals surface area contributed by atoms with Crippen LogP contribution in [0.5, 0.6) is 5.75 Å². The van der Waals surface area contributed by atoms with Crippen molar-refractivity contribution in [3.8, 4) is 11.8 Å². The molecule has 1 saturated carbocycles. The van der Waals surface area contributed by atoms with Crippen LogP contribution in [0.15, 0.2) is 18.2 Å². The predicted molar refractivity (Wildman–Crippen MR) is 62.8 cm³/mol. The summed E-state index contributed by atoms with van der Waals surface area (Å²) in [5.41, 5.74) is 0.780. The molecule has 1 aliphatic rings. The zero-order valence-electron chi connectivity index (χ0n) is 9.93. The number of nitriles is 1. The molecule has 0 N–H and O–H groups in total. The molecule has 4 heteroatoms. The molecule has 0 saturated heterocycles. The molecule has 0 unspecified atom stereocenters. The average molecular weight is 230 g/mol. The fourth-order valence-corrected chi connectivity index (χ4v) is 1.49. The van der Waals surface area contributed by atoms with E-state index in [1.807, 2.05) is 6.07 Å². The van der Waals surface area contributed by atoms with Crippen LogP contribution in [0.1, 0.15) is 28.8 Å². The van der Waals surface area contributed by atoms with Gasteiger partial charge in [-0.3, -0.25) is 4.79 Å². The van der Waals surface area contributed by atoms with Crippen LogP contribution in [0.2, 0.25) is 0 Å². The zero-order valence-corrected chi connectivity index (χ0v) is 9.93. The summed E-state index contributed by atoms with van der Waals surface area (Å²) in [6.07, 6.45) is 2.43. The third-order valence-electron chi connectivity index (χ3n) is 2.58. The van der Waals surface area contributed by atoms with Crippen LogP contribution in [0, 0.1) is 11.3 Å². The van der Waals surface area contributed by atoms with E-state index >= 15 is 0 Å². The van der Waals surface area contributed by atoms with Crippen LogP contribution in [-0.4, -0.2) is 31.0 Å². The number of amides is 1. The SMILES string of the molecule is CN(C)C(=O)c1ccc(OC2CC2)cc1C#N. The first-order chi connectivity index (χ1) is 8.11. The molecule has 0 atom stereocenters. The highest BCUT2D eigenvalue weighted by molar-refractivity contribution is 5.96. The Morgan fingerprint density at radius 2 is 2.18 bits per heavy atom. The number of benzene rings is 1. The van der Waals surface area contributed by atoms with Crippen molar-refractivity contribution < 1.29 is 9.53 Å². The summed E-state index contributed by atoms with van der Waals surface area (Å²) in [5.74, 6) is 0.499. The highest BCUT2D eigenvalue weighted by atomic mass is 16.5. The zero-order chi connectivity index (χ0) is 12.4. The van der Waals surface area contributed by atoms with Crippen molar-refractivity contribution in [1.82, 2.24) is 4.90 Å². The summed E-state index contributed by atoms with van der Waals surface area (Å²) in [6.45, 7) is 0. The topological polar surface area (TPSA) is 53.3 Å². The van der Waals surface area contributed by atoms with E-state index in [0.29, 0.717) is 16.9 Å². The molecule has 0 aliphatic heterocycles. The molecule has 0 spiro atoms. The molecular formula is C13H14N2O2. The van der Waals surface area contributed by atoms with Gasteiger partial charge in [-0.1, -0.05) is 0 Å². The largest absolute Gasteiger partial charge is 0.490 e. The van der Waals surface area contributed by atoms with Crippen LogP contribution in [0.4, 0.5) is 0 Å². The molecule has 88 valence electrons. The van der Waals surface area contributed by atoms with Gasteiger partial charge in [0, 0.05) is 14.1 Å². The highest BCUT2D eigenvalue weighted by Crippen LogP contribution is 2.28. The Morgan fingerprint density at radius 1 is 1.47 bits per heavy atom. The van der Waals surface area contributed by atoms with Gasteiger partial charge in [0.25, 0.3) is 5.91 Å². The third-order valence-corrected chi connectivity index (χ3v) is 2.58. The molecule has 2 rings (SSSR count). The third kappa shape index (κ3) is 2.56. The highest BCUT2D eigenvalue weighted by Gasteiger charge is 2.24. The van der Waals surface area contributed by atoms with Crippen molar-refractivity contribution in [3.05, 3.63) is 29.3 Å². The Labute approximate surface area is 100 Å². The van der Waals surface area contributed by atoms with Gasteiger partial charge in [0.1, 0.15) is 11.8 Å². The maximum atomic E-state index is 11.8. The first-order valence-corrected chi connectivity index (χ1v) is 5.54. The minimum atomic E-state index is -0.167. The van der Waals surface area contributed by atoms with Crippen molar-refractivity contribution in [1.29, 1.82) is 5.26 Å². The van der Waals surface area contributed by atoms with E-state index in [1.54, 1.807) is 32.3 Å². The summed E-state index contributed by atoms with van der Waals surface area (Å²) in [4.78, 5) is 13.3.